The van der Waals surface area contributed by atoms with E-state index in [2.05, 4.69) is 0 Å². The highest BCUT2D eigenvalue weighted by Crippen LogP contribution is 2.28. The second kappa shape index (κ2) is 4.68. The van der Waals surface area contributed by atoms with E-state index in [4.69, 9.17) is 4.65 Å². The normalized spacial score (nSPS) is 11.5. The van der Waals surface area contributed by atoms with Crippen LogP contribution in [0.3, 0.4) is 0 Å². The first-order valence-electron chi connectivity index (χ1n) is 4.42. The van der Waals surface area contributed by atoms with Crippen molar-refractivity contribution in [3.63, 3.8) is 0 Å². The van der Waals surface area contributed by atoms with Gasteiger partial charge < -0.3 is 9.68 Å². The Kier molecular flexibility index (Phi) is 3.76. The number of hydrogen-bond donors (Lipinski definition) is 1. The molecule has 0 amide bonds. The first kappa shape index (κ1) is 12.1. The third-order valence-electron chi connectivity index (χ3n) is 1.82. The van der Waals surface area contributed by atoms with Gasteiger partial charge in [-0.3, -0.25) is 0 Å². The van der Waals surface area contributed by atoms with Crippen LogP contribution in [-0.2, 0) is 10.8 Å². The number of rotatable bonds is 3. The fourth-order valence-electron chi connectivity index (χ4n) is 1.12. The van der Waals surface area contributed by atoms with Gasteiger partial charge in [0.2, 0.25) is 0 Å². The Morgan fingerprint density at radius 2 is 2.07 bits per heavy atom. The number of alkyl halides is 3. The van der Waals surface area contributed by atoms with Crippen molar-refractivity contribution >= 4 is 12.6 Å². The molecule has 0 atom stereocenters. The van der Waals surface area contributed by atoms with Crippen molar-refractivity contribution in [2.75, 3.05) is 6.61 Å². The summed E-state index contributed by atoms with van der Waals surface area (Å²) in [5.74, 6) is 0. The third kappa shape index (κ3) is 3.25. The van der Waals surface area contributed by atoms with Crippen molar-refractivity contribution in [3.05, 3.63) is 29.8 Å². The molecule has 2 nitrogen and oxygen atoms in total. The Morgan fingerprint density at radius 1 is 1.40 bits per heavy atom. The molecule has 0 fully saturated rings. The Morgan fingerprint density at radius 3 is 2.60 bits per heavy atom. The average molecular weight is 218 g/mol. The van der Waals surface area contributed by atoms with Crippen LogP contribution in [0.2, 0.25) is 0 Å². The van der Waals surface area contributed by atoms with E-state index >= 15 is 0 Å². The van der Waals surface area contributed by atoms with Crippen LogP contribution in [0.5, 0.6) is 0 Å². The van der Waals surface area contributed by atoms with Crippen molar-refractivity contribution in [2.45, 2.75) is 13.1 Å². The van der Waals surface area contributed by atoms with Crippen molar-refractivity contribution < 1.29 is 22.8 Å². The molecule has 0 spiro atoms. The standard InChI is InChI=1S/C9H10BF3O2/c1-2-15-10(14)8-5-3-4-7(6-8)9(11,12)13/h3-6,14H,2H2,1H3. The monoisotopic (exact) mass is 218 g/mol. The van der Waals surface area contributed by atoms with Gasteiger partial charge in [0, 0.05) is 6.61 Å². The van der Waals surface area contributed by atoms with E-state index < -0.39 is 18.9 Å². The molecule has 1 aromatic rings. The number of halogens is 3. The summed E-state index contributed by atoms with van der Waals surface area (Å²) >= 11 is 0. The summed E-state index contributed by atoms with van der Waals surface area (Å²) < 4.78 is 41.7. The largest absolute Gasteiger partial charge is 0.491 e. The molecule has 0 radical (unpaired) electrons. The molecule has 1 aromatic carbocycles. The molecule has 0 saturated heterocycles. The summed E-state index contributed by atoms with van der Waals surface area (Å²) in [5.41, 5.74) is -0.689. The van der Waals surface area contributed by atoms with Gasteiger partial charge in [-0.2, -0.15) is 13.2 Å². The molecule has 1 rings (SSSR count). The minimum Gasteiger partial charge on any atom is -0.423 e. The quantitative estimate of drug-likeness (QED) is 0.777. The fourth-order valence-corrected chi connectivity index (χ4v) is 1.12. The average Bonchev–Trinajstić information content (AvgIpc) is 2.17. The van der Waals surface area contributed by atoms with E-state index in [0.717, 1.165) is 12.1 Å². The van der Waals surface area contributed by atoms with E-state index in [1.165, 1.54) is 12.1 Å². The van der Waals surface area contributed by atoms with Gasteiger partial charge in [-0.05, 0) is 12.4 Å². The summed E-state index contributed by atoms with van der Waals surface area (Å²) in [4.78, 5) is 0. The van der Waals surface area contributed by atoms with Crippen LogP contribution in [0.15, 0.2) is 24.3 Å². The zero-order valence-electron chi connectivity index (χ0n) is 8.08. The molecular formula is C9H10BF3O2. The first-order chi connectivity index (χ1) is 6.95. The zero-order chi connectivity index (χ0) is 11.5. The van der Waals surface area contributed by atoms with Crippen LogP contribution in [-0.4, -0.2) is 18.7 Å². The molecule has 15 heavy (non-hydrogen) atoms. The van der Waals surface area contributed by atoms with Gasteiger partial charge in [0.05, 0.1) is 5.56 Å². The van der Waals surface area contributed by atoms with Crippen molar-refractivity contribution in [1.29, 1.82) is 0 Å². The minimum absolute atomic E-state index is 0.103. The maximum atomic E-state index is 12.3. The zero-order valence-corrected chi connectivity index (χ0v) is 8.08. The molecule has 0 aliphatic carbocycles. The molecule has 0 heterocycles. The fraction of sp³-hybridized carbons (Fsp3) is 0.333. The van der Waals surface area contributed by atoms with Gasteiger partial charge in [-0.1, -0.05) is 24.3 Å². The Bertz CT molecular complexity index is 327. The lowest BCUT2D eigenvalue weighted by atomic mass is 9.79. The summed E-state index contributed by atoms with van der Waals surface area (Å²) in [5, 5.41) is 9.32. The SMILES string of the molecule is CCOB(O)c1cccc(C(F)(F)F)c1. The third-order valence-corrected chi connectivity index (χ3v) is 1.82. The minimum atomic E-state index is -4.40. The number of benzene rings is 1. The molecular weight excluding hydrogens is 208 g/mol. The van der Waals surface area contributed by atoms with Gasteiger partial charge in [-0.15, -0.1) is 0 Å². The maximum Gasteiger partial charge on any atom is 0.491 e. The summed E-state index contributed by atoms with van der Waals surface area (Å²) in [7, 11) is -1.31. The Balaban J connectivity index is 2.92. The van der Waals surface area contributed by atoms with Gasteiger partial charge in [-0.25, -0.2) is 0 Å². The molecule has 0 unspecified atom stereocenters. The summed E-state index contributed by atoms with van der Waals surface area (Å²) in [6.07, 6.45) is -4.40. The van der Waals surface area contributed by atoms with Gasteiger partial charge in [0.1, 0.15) is 0 Å². The van der Waals surface area contributed by atoms with Gasteiger partial charge >= 0.3 is 13.3 Å². The summed E-state index contributed by atoms with van der Waals surface area (Å²) in [6, 6.07) is 4.44. The van der Waals surface area contributed by atoms with Gasteiger partial charge in [0.25, 0.3) is 0 Å². The van der Waals surface area contributed by atoms with E-state index in [0.29, 0.717) is 0 Å². The van der Waals surface area contributed by atoms with Crippen LogP contribution < -0.4 is 5.46 Å². The second-order valence-electron chi connectivity index (χ2n) is 2.93. The van der Waals surface area contributed by atoms with E-state index in [-0.39, 0.29) is 12.1 Å². The molecule has 82 valence electrons. The molecule has 6 heteroatoms. The van der Waals surface area contributed by atoms with Gasteiger partial charge in [0.15, 0.2) is 0 Å². The molecule has 0 aromatic heterocycles. The highest BCUT2D eigenvalue weighted by atomic mass is 19.4. The van der Waals surface area contributed by atoms with Crippen molar-refractivity contribution in [1.82, 2.24) is 0 Å². The van der Waals surface area contributed by atoms with E-state index in [9.17, 15) is 18.2 Å². The lowest BCUT2D eigenvalue weighted by Crippen LogP contribution is -2.34. The predicted octanol–water partition coefficient (Wildman–Crippen LogP) is 1.43. The highest BCUT2D eigenvalue weighted by Gasteiger charge is 2.31. The lowest BCUT2D eigenvalue weighted by molar-refractivity contribution is -0.137. The van der Waals surface area contributed by atoms with Crippen LogP contribution >= 0.6 is 0 Å². The number of hydrogen-bond acceptors (Lipinski definition) is 2. The molecule has 0 aliphatic rings. The van der Waals surface area contributed by atoms with Crippen LogP contribution in [0.1, 0.15) is 12.5 Å². The molecule has 1 N–H and O–H groups in total. The van der Waals surface area contributed by atoms with Crippen LogP contribution in [0, 0.1) is 0 Å². The highest BCUT2D eigenvalue weighted by molar-refractivity contribution is 6.59. The lowest BCUT2D eigenvalue weighted by Gasteiger charge is -2.10. The van der Waals surface area contributed by atoms with Crippen molar-refractivity contribution in [2.24, 2.45) is 0 Å². The topological polar surface area (TPSA) is 29.5 Å². The maximum absolute atomic E-state index is 12.3. The van der Waals surface area contributed by atoms with E-state index in [1.54, 1.807) is 6.92 Å². The second-order valence-corrected chi connectivity index (χ2v) is 2.93. The molecule has 0 bridgehead atoms. The molecule has 0 saturated carbocycles. The Hall–Kier alpha value is -1.01. The molecule has 0 aliphatic heterocycles. The van der Waals surface area contributed by atoms with E-state index in [1.807, 2.05) is 0 Å². The Labute approximate surface area is 85.8 Å². The van der Waals surface area contributed by atoms with Crippen LogP contribution in [0.25, 0.3) is 0 Å². The first-order valence-corrected chi connectivity index (χ1v) is 4.42. The van der Waals surface area contributed by atoms with Crippen molar-refractivity contribution in [3.8, 4) is 0 Å². The predicted molar refractivity (Wildman–Crippen MR) is 50.7 cm³/mol. The smallest absolute Gasteiger partial charge is 0.423 e. The summed E-state index contributed by atoms with van der Waals surface area (Å²) in [6.45, 7) is 1.88. The van der Waals surface area contributed by atoms with Crippen LogP contribution in [0.4, 0.5) is 13.2 Å².